The molecule has 0 spiro atoms. The second-order valence-corrected chi connectivity index (χ2v) is 6.22. The van der Waals surface area contributed by atoms with Gasteiger partial charge in [0.1, 0.15) is 5.75 Å². The summed E-state index contributed by atoms with van der Waals surface area (Å²) in [6.07, 6.45) is -1.86. The summed E-state index contributed by atoms with van der Waals surface area (Å²) in [7, 11) is 1.49. The molecule has 0 atom stereocenters. The van der Waals surface area contributed by atoms with Gasteiger partial charge in [0, 0.05) is 16.1 Å². The highest BCUT2D eigenvalue weighted by atomic mass is 79.9. The summed E-state index contributed by atoms with van der Waals surface area (Å²) >= 11 is 9.15. The van der Waals surface area contributed by atoms with Crippen molar-refractivity contribution in [3.05, 3.63) is 63.1 Å². The number of alkyl halides is 3. The number of methoxy groups -OCH3 is 1. The molecule has 0 aliphatic carbocycles. The molecule has 0 aliphatic heterocycles. The van der Waals surface area contributed by atoms with Crippen LogP contribution in [0.2, 0.25) is 5.02 Å². The van der Waals surface area contributed by atoms with E-state index in [-0.39, 0.29) is 10.7 Å². The van der Waals surface area contributed by atoms with E-state index in [0.717, 1.165) is 22.7 Å². The Labute approximate surface area is 155 Å². The monoisotopic (exact) mass is 433 g/mol. The van der Waals surface area contributed by atoms with Crippen LogP contribution in [-0.2, 0) is 11.0 Å². The topological polar surface area (TPSA) is 38.3 Å². The predicted octanol–water partition coefficient (Wildman–Crippen LogP) is 5.78. The van der Waals surface area contributed by atoms with Crippen molar-refractivity contribution in [2.75, 3.05) is 12.4 Å². The summed E-state index contributed by atoms with van der Waals surface area (Å²) < 4.78 is 44.2. The third-order valence-corrected chi connectivity index (χ3v) is 3.98. The van der Waals surface area contributed by atoms with Gasteiger partial charge >= 0.3 is 6.18 Å². The number of hydrogen-bond acceptors (Lipinski definition) is 2. The number of rotatable bonds is 4. The highest BCUT2D eigenvalue weighted by molar-refractivity contribution is 9.10. The van der Waals surface area contributed by atoms with Crippen LogP contribution in [0.15, 0.2) is 46.9 Å². The maximum Gasteiger partial charge on any atom is 0.416 e. The Bertz CT molecular complexity index is 822. The maximum atomic E-state index is 12.7. The standard InChI is InChI=1S/C17H12BrClF3NO2/c1-25-15-6-4-12(18)8-10(15)2-7-16(24)23-14-9-11(17(20,21)22)3-5-13(14)19/h2-9H,1H3,(H,23,24). The first kappa shape index (κ1) is 19.3. The van der Waals surface area contributed by atoms with Crippen LogP contribution in [0, 0.1) is 0 Å². The van der Waals surface area contributed by atoms with Crippen molar-refractivity contribution in [3.63, 3.8) is 0 Å². The number of halogens is 5. The van der Waals surface area contributed by atoms with Crippen LogP contribution >= 0.6 is 27.5 Å². The normalized spacial score (nSPS) is 11.6. The Hall–Kier alpha value is -1.99. The molecule has 0 fully saturated rings. The molecule has 0 heterocycles. The fourth-order valence-electron chi connectivity index (χ4n) is 1.97. The van der Waals surface area contributed by atoms with E-state index in [4.69, 9.17) is 16.3 Å². The lowest BCUT2D eigenvalue weighted by molar-refractivity contribution is -0.137. The van der Waals surface area contributed by atoms with E-state index in [1.54, 1.807) is 18.2 Å². The highest BCUT2D eigenvalue weighted by Crippen LogP contribution is 2.33. The highest BCUT2D eigenvalue weighted by Gasteiger charge is 2.31. The van der Waals surface area contributed by atoms with Crippen molar-refractivity contribution in [1.82, 2.24) is 0 Å². The van der Waals surface area contributed by atoms with Crippen LogP contribution in [0.3, 0.4) is 0 Å². The molecule has 0 radical (unpaired) electrons. The van der Waals surface area contributed by atoms with Gasteiger partial charge in [-0.2, -0.15) is 13.2 Å². The minimum atomic E-state index is -4.52. The SMILES string of the molecule is COc1ccc(Br)cc1C=CC(=O)Nc1cc(C(F)(F)F)ccc1Cl. The number of carbonyl (C=O) groups is 1. The number of ether oxygens (including phenoxy) is 1. The van der Waals surface area contributed by atoms with Gasteiger partial charge < -0.3 is 10.1 Å². The lowest BCUT2D eigenvalue weighted by Gasteiger charge is -2.10. The van der Waals surface area contributed by atoms with Gasteiger partial charge in [0.25, 0.3) is 0 Å². The van der Waals surface area contributed by atoms with E-state index in [2.05, 4.69) is 21.2 Å². The van der Waals surface area contributed by atoms with Crippen LogP contribution in [-0.4, -0.2) is 13.0 Å². The lowest BCUT2D eigenvalue weighted by atomic mass is 10.1. The first-order chi connectivity index (χ1) is 11.7. The molecule has 25 heavy (non-hydrogen) atoms. The molecule has 2 aromatic carbocycles. The molecule has 0 bridgehead atoms. The Morgan fingerprint density at radius 1 is 1.24 bits per heavy atom. The van der Waals surface area contributed by atoms with Crippen molar-refractivity contribution in [2.45, 2.75) is 6.18 Å². The molecule has 0 aliphatic rings. The van der Waals surface area contributed by atoms with Gasteiger partial charge in [0.2, 0.25) is 5.91 Å². The molecule has 1 N–H and O–H groups in total. The van der Waals surface area contributed by atoms with E-state index in [9.17, 15) is 18.0 Å². The van der Waals surface area contributed by atoms with Gasteiger partial charge in [-0.15, -0.1) is 0 Å². The Kier molecular flexibility index (Phi) is 6.13. The summed E-state index contributed by atoms with van der Waals surface area (Å²) in [6, 6.07) is 7.94. The summed E-state index contributed by atoms with van der Waals surface area (Å²) in [6.45, 7) is 0. The Balaban J connectivity index is 2.19. The summed E-state index contributed by atoms with van der Waals surface area (Å²) in [4.78, 5) is 12.0. The van der Waals surface area contributed by atoms with Crippen molar-refractivity contribution in [1.29, 1.82) is 0 Å². The number of hydrogen-bond donors (Lipinski definition) is 1. The third kappa shape index (κ3) is 5.24. The molecule has 0 saturated carbocycles. The van der Waals surface area contributed by atoms with Gasteiger partial charge in [-0.05, 0) is 42.5 Å². The van der Waals surface area contributed by atoms with Crippen molar-refractivity contribution in [3.8, 4) is 5.75 Å². The van der Waals surface area contributed by atoms with Crippen molar-refractivity contribution >= 4 is 45.2 Å². The molecule has 8 heteroatoms. The average Bonchev–Trinajstić information content (AvgIpc) is 2.54. The predicted molar refractivity (Wildman–Crippen MR) is 94.8 cm³/mol. The Morgan fingerprint density at radius 3 is 2.60 bits per heavy atom. The molecule has 0 aromatic heterocycles. The van der Waals surface area contributed by atoms with E-state index >= 15 is 0 Å². The van der Waals surface area contributed by atoms with Crippen LogP contribution < -0.4 is 10.1 Å². The average molecular weight is 435 g/mol. The fraction of sp³-hybridized carbons (Fsp3) is 0.118. The molecule has 0 saturated heterocycles. The zero-order valence-electron chi connectivity index (χ0n) is 12.8. The summed E-state index contributed by atoms with van der Waals surface area (Å²) in [5.41, 5.74) is -0.389. The number of anilines is 1. The van der Waals surface area contributed by atoms with Crippen LogP contribution in [0.4, 0.5) is 18.9 Å². The molecule has 2 rings (SSSR count). The van der Waals surface area contributed by atoms with Crippen LogP contribution in [0.5, 0.6) is 5.75 Å². The zero-order valence-corrected chi connectivity index (χ0v) is 15.2. The van der Waals surface area contributed by atoms with E-state index < -0.39 is 17.6 Å². The minimum absolute atomic E-state index is 0.00906. The fourth-order valence-corrected chi connectivity index (χ4v) is 2.52. The van der Waals surface area contributed by atoms with Crippen molar-refractivity contribution < 1.29 is 22.7 Å². The summed E-state index contributed by atoms with van der Waals surface area (Å²) in [5, 5.41) is 2.34. The summed E-state index contributed by atoms with van der Waals surface area (Å²) in [5.74, 6) is -0.0763. The number of carbonyl (C=O) groups excluding carboxylic acids is 1. The third-order valence-electron chi connectivity index (χ3n) is 3.16. The van der Waals surface area contributed by atoms with Gasteiger partial charge in [0.15, 0.2) is 0 Å². The first-order valence-corrected chi connectivity index (χ1v) is 8.07. The minimum Gasteiger partial charge on any atom is -0.496 e. The van der Waals surface area contributed by atoms with Gasteiger partial charge in [-0.3, -0.25) is 4.79 Å². The van der Waals surface area contributed by atoms with Crippen LogP contribution in [0.25, 0.3) is 6.08 Å². The van der Waals surface area contributed by atoms with E-state index in [1.165, 1.54) is 19.3 Å². The van der Waals surface area contributed by atoms with Gasteiger partial charge in [0.05, 0.1) is 23.4 Å². The molecule has 2 aromatic rings. The second kappa shape index (κ2) is 7.93. The van der Waals surface area contributed by atoms with Crippen molar-refractivity contribution in [2.24, 2.45) is 0 Å². The Morgan fingerprint density at radius 2 is 1.96 bits per heavy atom. The van der Waals surface area contributed by atoms with Gasteiger partial charge in [-0.1, -0.05) is 27.5 Å². The lowest BCUT2D eigenvalue weighted by Crippen LogP contribution is -2.11. The number of amides is 1. The largest absolute Gasteiger partial charge is 0.496 e. The molecule has 1 amide bonds. The first-order valence-electron chi connectivity index (χ1n) is 6.90. The molecular weight excluding hydrogens is 423 g/mol. The second-order valence-electron chi connectivity index (χ2n) is 4.90. The number of nitrogens with one attached hydrogen (secondary N) is 1. The molecule has 132 valence electrons. The molecule has 0 unspecified atom stereocenters. The van der Waals surface area contributed by atoms with E-state index in [1.807, 2.05) is 0 Å². The smallest absolute Gasteiger partial charge is 0.416 e. The zero-order chi connectivity index (χ0) is 18.6. The molecule has 3 nitrogen and oxygen atoms in total. The maximum absolute atomic E-state index is 12.7. The van der Waals surface area contributed by atoms with Gasteiger partial charge in [-0.25, -0.2) is 0 Å². The van der Waals surface area contributed by atoms with Crippen LogP contribution in [0.1, 0.15) is 11.1 Å². The molecular formula is C17H12BrClF3NO2. The van der Waals surface area contributed by atoms with E-state index in [0.29, 0.717) is 11.3 Å². The number of benzene rings is 2. The quantitative estimate of drug-likeness (QED) is 0.619.